The summed E-state index contributed by atoms with van der Waals surface area (Å²) in [5.41, 5.74) is 1.53. The fourth-order valence-corrected chi connectivity index (χ4v) is 3.59. The van der Waals surface area contributed by atoms with E-state index in [1.54, 1.807) is 37.5 Å². The van der Waals surface area contributed by atoms with E-state index < -0.39 is 10.0 Å². The number of nitrogens with zero attached hydrogens (tertiary/aromatic N) is 2. The van der Waals surface area contributed by atoms with Gasteiger partial charge >= 0.3 is 0 Å². The minimum absolute atomic E-state index is 0.0385. The predicted octanol–water partition coefficient (Wildman–Crippen LogP) is 0.990. The summed E-state index contributed by atoms with van der Waals surface area (Å²) in [4.78, 5) is 20.0. The Labute approximate surface area is 153 Å². The van der Waals surface area contributed by atoms with Crippen LogP contribution in [0.15, 0.2) is 41.6 Å². The second-order valence-corrected chi connectivity index (χ2v) is 7.50. The highest BCUT2D eigenvalue weighted by atomic mass is 32.2. The van der Waals surface area contributed by atoms with Crippen molar-refractivity contribution in [2.24, 2.45) is 0 Å². The molecule has 140 valence electrons. The van der Waals surface area contributed by atoms with Crippen LogP contribution in [-0.2, 0) is 14.8 Å². The minimum Gasteiger partial charge on any atom is -0.354 e. The quantitative estimate of drug-likeness (QED) is 0.562. The lowest BCUT2D eigenvalue weighted by Crippen LogP contribution is -2.33. The lowest BCUT2D eigenvalue weighted by atomic mass is 10.2. The van der Waals surface area contributed by atoms with Gasteiger partial charge < -0.3 is 10.6 Å². The third-order valence-corrected chi connectivity index (χ3v) is 5.18. The second-order valence-electron chi connectivity index (χ2n) is 5.77. The highest BCUT2D eigenvalue weighted by molar-refractivity contribution is 7.89. The van der Waals surface area contributed by atoms with E-state index in [1.807, 2.05) is 13.0 Å². The van der Waals surface area contributed by atoms with E-state index in [1.165, 1.54) is 0 Å². The summed E-state index contributed by atoms with van der Waals surface area (Å²) in [5.74, 6) is 0.257. The van der Waals surface area contributed by atoms with E-state index in [9.17, 15) is 13.2 Å². The molecule has 1 amide bonds. The van der Waals surface area contributed by atoms with Crippen LogP contribution < -0.4 is 15.4 Å². The zero-order chi connectivity index (χ0) is 19.0. The molecule has 0 unspecified atom stereocenters. The van der Waals surface area contributed by atoms with Gasteiger partial charge in [-0.3, -0.25) is 4.79 Å². The molecular formula is C17H23N5O3S. The average Bonchev–Trinajstić information content (AvgIpc) is 2.61. The first-order valence-electron chi connectivity index (χ1n) is 8.23. The highest BCUT2D eigenvalue weighted by Crippen LogP contribution is 2.16. The number of nitrogens with one attached hydrogen (secondary N) is 3. The normalized spacial score (nSPS) is 11.2. The average molecular weight is 377 g/mol. The van der Waals surface area contributed by atoms with Crippen molar-refractivity contribution in [3.05, 3.63) is 47.8 Å². The number of carbonyl (C=O) groups excluding carboxylic acids is 1. The fraction of sp³-hybridized carbons (Fsp3) is 0.353. The third kappa shape index (κ3) is 6.08. The topological polar surface area (TPSA) is 113 Å². The number of hydrogen-bond acceptors (Lipinski definition) is 6. The van der Waals surface area contributed by atoms with Crippen LogP contribution in [0.2, 0.25) is 0 Å². The molecule has 9 heteroatoms. The Balaban J connectivity index is 1.71. The molecule has 0 spiro atoms. The third-order valence-electron chi connectivity index (χ3n) is 3.57. The molecule has 2 aromatic rings. The van der Waals surface area contributed by atoms with Gasteiger partial charge in [0.05, 0.1) is 4.90 Å². The lowest BCUT2D eigenvalue weighted by molar-refractivity contribution is -0.120. The number of aryl methyl sites for hydroxylation is 2. The number of rotatable bonds is 9. The molecule has 0 aliphatic carbocycles. The summed E-state index contributed by atoms with van der Waals surface area (Å²) in [6.07, 6.45) is 3.30. The molecular weight excluding hydrogens is 354 g/mol. The maximum absolute atomic E-state index is 12.3. The number of aromatic nitrogens is 2. The Morgan fingerprint density at radius 2 is 1.81 bits per heavy atom. The number of anilines is 1. The van der Waals surface area contributed by atoms with Gasteiger partial charge in [0.2, 0.25) is 21.9 Å². The number of carbonyl (C=O) groups is 1. The van der Waals surface area contributed by atoms with Gasteiger partial charge in [0, 0.05) is 38.4 Å². The summed E-state index contributed by atoms with van der Waals surface area (Å²) in [7, 11) is -3.63. The maximum atomic E-state index is 12.3. The smallest absolute Gasteiger partial charge is 0.240 e. The standard InChI is InChI=1S/C17H23N5O3S/c1-13-4-5-14(2)15(12-13)26(24,25)22-9-6-16(23)18-10-11-21-17-19-7-3-8-20-17/h3-5,7-8,12,22H,6,9-11H2,1-2H3,(H,18,23)(H,19,20,21). The van der Waals surface area contributed by atoms with Crippen molar-refractivity contribution < 1.29 is 13.2 Å². The predicted molar refractivity (Wildman–Crippen MR) is 99.3 cm³/mol. The second kappa shape index (κ2) is 9.25. The van der Waals surface area contributed by atoms with Crippen LogP contribution in [0, 0.1) is 13.8 Å². The monoisotopic (exact) mass is 377 g/mol. The van der Waals surface area contributed by atoms with E-state index in [0.717, 1.165) is 5.56 Å². The van der Waals surface area contributed by atoms with Crippen molar-refractivity contribution >= 4 is 21.9 Å². The molecule has 3 N–H and O–H groups in total. The Morgan fingerprint density at radius 1 is 1.08 bits per heavy atom. The Hall–Kier alpha value is -2.52. The van der Waals surface area contributed by atoms with Crippen LogP contribution in [0.25, 0.3) is 0 Å². The largest absolute Gasteiger partial charge is 0.354 e. The van der Waals surface area contributed by atoms with Crippen molar-refractivity contribution in [3.8, 4) is 0 Å². The zero-order valence-corrected chi connectivity index (χ0v) is 15.6. The summed E-state index contributed by atoms with van der Waals surface area (Å²) >= 11 is 0. The van der Waals surface area contributed by atoms with Gasteiger partial charge in [-0.25, -0.2) is 23.1 Å². The number of amides is 1. The molecule has 0 aliphatic rings. The van der Waals surface area contributed by atoms with Gasteiger partial charge in [0.1, 0.15) is 0 Å². The van der Waals surface area contributed by atoms with Crippen LogP contribution in [-0.4, -0.2) is 43.9 Å². The van der Waals surface area contributed by atoms with E-state index in [4.69, 9.17) is 0 Å². The molecule has 1 aromatic carbocycles. The Morgan fingerprint density at radius 3 is 2.54 bits per heavy atom. The lowest BCUT2D eigenvalue weighted by Gasteiger charge is -2.10. The van der Waals surface area contributed by atoms with Crippen molar-refractivity contribution in [1.29, 1.82) is 0 Å². The van der Waals surface area contributed by atoms with Gasteiger partial charge in [-0.2, -0.15) is 0 Å². The molecule has 0 saturated carbocycles. The minimum atomic E-state index is -3.63. The van der Waals surface area contributed by atoms with Crippen LogP contribution in [0.1, 0.15) is 17.5 Å². The Kier molecular flexibility index (Phi) is 7.05. The highest BCUT2D eigenvalue weighted by Gasteiger charge is 2.16. The van der Waals surface area contributed by atoms with Crippen molar-refractivity contribution in [3.63, 3.8) is 0 Å². The zero-order valence-electron chi connectivity index (χ0n) is 14.8. The maximum Gasteiger partial charge on any atom is 0.240 e. The van der Waals surface area contributed by atoms with Gasteiger partial charge in [-0.05, 0) is 37.1 Å². The van der Waals surface area contributed by atoms with Crippen molar-refractivity contribution in [1.82, 2.24) is 20.0 Å². The Bertz CT molecular complexity index is 841. The van der Waals surface area contributed by atoms with Crippen molar-refractivity contribution in [2.45, 2.75) is 25.2 Å². The molecule has 0 atom stereocenters. The van der Waals surface area contributed by atoms with Crippen molar-refractivity contribution in [2.75, 3.05) is 25.0 Å². The molecule has 0 saturated heterocycles. The number of sulfonamides is 1. The van der Waals surface area contributed by atoms with E-state index in [-0.39, 0.29) is 23.8 Å². The molecule has 0 aliphatic heterocycles. The van der Waals surface area contributed by atoms with Gasteiger partial charge in [0.15, 0.2) is 0 Å². The summed E-state index contributed by atoms with van der Waals surface area (Å²) in [5, 5.41) is 5.67. The molecule has 8 nitrogen and oxygen atoms in total. The molecule has 2 rings (SSSR count). The first-order valence-corrected chi connectivity index (χ1v) is 9.71. The number of hydrogen-bond donors (Lipinski definition) is 3. The van der Waals surface area contributed by atoms with Gasteiger partial charge in [0.25, 0.3) is 0 Å². The van der Waals surface area contributed by atoms with Gasteiger partial charge in [-0.15, -0.1) is 0 Å². The fourth-order valence-electron chi connectivity index (χ4n) is 2.23. The molecule has 26 heavy (non-hydrogen) atoms. The summed E-state index contributed by atoms with van der Waals surface area (Å²) in [6.45, 7) is 4.48. The molecule has 0 fully saturated rings. The van der Waals surface area contributed by atoms with Gasteiger partial charge in [-0.1, -0.05) is 12.1 Å². The van der Waals surface area contributed by atoms with E-state index in [2.05, 4.69) is 25.3 Å². The molecule has 0 bridgehead atoms. The van der Waals surface area contributed by atoms with Crippen LogP contribution in [0.3, 0.4) is 0 Å². The summed E-state index contributed by atoms with van der Waals surface area (Å²) in [6, 6.07) is 6.96. The number of benzene rings is 1. The molecule has 1 aromatic heterocycles. The van der Waals surface area contributed by atoms with E-state index in [0.29, 0.717) is 24.6 Å². The first-order chi connectivity index (χ1) is 12.4. The first kappa shape index (κ1) is 19.8. The van der Waals surface area contributed by atoms with Crippen LogP contribution in [0.4, 0.5) is 5.95 Å². The SMILES string of the molecule is Cc1ccc(C)c(S(=O)(=O)NCCC(=O)NCCNc2ncccn2)c1. The van der Waals surface area contributed by atoms with Crippen LogP contribution >= 0.6 is 0 Å². The van der Waals surface area contributed by atoms with Crippen LogP contribution in [0.5, 0.6) is 0 Å². The molecule has 0 radical (unpaired) electrons. The summed E-state index contributed by atoms with van der Waals surface area (Å²) < 4.78 is 27.1. The molecule has 1 heterocycles. The van der Waals surface area contributed by atoms with E-state index >= 15 is 0 Å².